The molecule has 2 N–H and O–H groups in total. The Morgan fingerprint density at radius 2 is 1.88 bits per heavy atom. The standard InChI is InChI=1S/C21H17NO3S/c23-17(14-7-9-15(10-8-14)18-5-3-11-25-18)13-22-21(24)20-12-16-4-1-2-6-19(16)26-20/h1-12,17,23H,13H2,(H,22,24)/t17-/m0/s1. The molecule has 2 aromatic heterocycles. The lowest BCUT2D eigenvalue weighted by molar-refractivity contribution is 0.0920. The Bertz CT molecular complexity index is 986. The molecule has 0 radical (unpaired) electrons. The molecule has 0 unspecified atom stereocenters. The predicted octanol–water partition coefficient (Wildman–Crippen LogP) is 4.62. The first kappa shape index (κ1) is 16.6. The SMILES string of the molecule is O=C(NC[C@H](O)c1ccc(-c2ccco2)cc1)c1cc2ccccc2s1. The Hall–Kier alpha value is -2.89. The van der Waals surface area contributed by atoms with Crippen LogP contribution in [0.3, 0.4) is 0 Å². The number of benzene rings is 2. The van der Waals surface area contributed by atoms with E-state index in [4.69, 9.17) is 4.42 Å². The molecule has 4 nitrogen and oxygen atoms in total. The quantitative estimate of drug-likeness (QED) is 0.544. The third-order valence-electron chi connectivity index (χ3n) is 4.21. The van der Waals surface area contributed by atoms with Crippen LogP contribution in [-0.2, 0) is 0 Å². The zero-order valence-corrected chi connectivity index (χ0v) is 14.7. The van der Waals surface area contributed by atoms with Crippen LogP contribution >= 0.6 is 11.3 Å². The number of carbonyl (C=O) groups excluding carboxylic acids is 1. The summed E-state index contributed by atoms with van der Waals surface area (Å²) in [6.07, 6.45) is 0.862. The number of hydrogen-bond donors (Lipinski definition) is 2. The molecular weight excluding hydrogens is 346 g/mol. The summed E-state index contributed by atoms with van der Waals surface area (Å²) in [7, 11) is 0. The Balaban J connectivity index is 1.40. The first-order chi connectivity index (χ1) is 12.7. The molecule has 0 saturated heterocycles. The summed E-state index contributed by atoms with van der Waals surface area (Å²) in [5, 5.41) is 14.2. The number of aliphatic hydroxyl groups is 1. The molecule has 0 spiro atoms. The monoisotopic (exact) mass is 363 g/mol. The van der Waals surface area contributed by atoms with Crippen molar-refractivity contribution < 1.29 is 14.3 Å². The average molecular weight is 363 g/mol. The van der Waals surface area contributed by atoms with Gasteiger partial charge in [-0.1, -0.05) is 42.5 Å². The van der Waals surface area contributed by atoms with Crippen LogP contribution in [0.2, 0.25) is 0 Å². The van der Waals surface area contributed by atoms with Crippen molar-refractivity contribution in [2.75, 3.05) is 6.54 Å². The van der Waals surface area contributed by atoms with Crippen molar-refractivity contribution in [3.63, 3.8) is 0 Å². The van der Waals surface area contributed by atoms with Gasteiger partial charge in [0, 0.05) is 16.8 Å². The van der Waals surface area contributed by atoms with Crippen molar-refractivity contribution in [3.8, 4) is 11.3 Å². The van der Waals surface area contributed by atoms with Crippen molar-refractivity contribution >= 4 is 27.3 Å². The molecular formula is C21H17NO3S. The third-order valence-corrected chi connectivity index (χ3v) is 5.32. The largest absolute Gasteiger partial charge is 0.464 e. The minimum Gasteiger partial charge on any atom is -0.464 e. The molecule has 1 amide bonds. The average Bonchev–Trinajstić information content (AvgIpc) is 3.35. The van der Waals surface area contributed by atoms with Gasteiger partial charge in [0.25, 0.3) is 5.91 Å². The van der Waals surface area contributed by atoms with Gasteiger partial charge in [0.2, 0.25) is 0 Å². The van der Waals surface area contributed by atoms with Gasteiger partial charge in [0.05, 0.1) is 17.2 Å². The number of nitrogens with one attached hydrogen (secondary N) is 1. The van der Waals surface area contributed by atoms with E-state index in [2.05, 4.69) is 5.32 Å². The second-order valence-corrected chi connectivity index (χ2v) is 7.06. The number of thiophene rings is 1. The number of hydrogen-bond acceptors (Lipinski definition) is 4. The number of rotatable bonds is 5. The first-order valence-electron chi connectivity index (χ1n) is 8.29. The molecule has 0 aliphatic heterocycles. The fourth-order valence-corrected chi connectivity index (χ4v) is 3.78. The lowest BCUT2D eigenvalue weighted by Crippen LogP contribution is -2.27. The molecule has 5 heteroatoms. The van der Waals surface area contributed by atoms with E-state index in [1.807, 2.05) is 66.7 Å². The van der Waals surface area contributed by atoms with Gasteiger partial charge >= 0.3 is 0 Å². The smallest absolute Gasteiger partial charge is 0.261 e. The molecule has 0 bridgehead atoms. The van der Waals surface area contributed by atoms with Crippen LogP contribution in [0.1, 0.15) is 21.3 Å². The summed E-state index contributed by atoms with van der Waals surface area (Å²) < 4.78 is 6.43. The molecule has 0 saturated carbocycles. The summed E-state index contributed by atoms with van der Waals surface area (Å²) in [5.41, 5.74) is 1.69. The first-order valence-corrected chi connectivity index (χ1v) is 9.11. The lowest BCUT2D eigenvalue weighted by atomic mass is 10.1. The lowest BCUT2D eigenvalue weighted by Gasteiger charge is -2.12. The highest BCUT2D eigenvalue weighted by Gasteiger charge is 2.13. The van der Waals surface area contributed by atoms with Gasteiger partial charge < -0.3 is 14.8 Å². The number of furan rings is 1. The highest BCUT2D eigenvalue weighted by Crippen LogP contribution is 2.25. The molecule has 0 aliphatic rings. The topological polar surface area (TPSA) is 62.5 Å². The summed E-state index contributed by atoms with van der Waals surface area (Å²) in [5.74, 6) is 0.613. The highest BCUT2D eigenvalue weighted by atomic mass is 32.1. The molecule has 1 atom stereocenters. The van der Waals surface area contributed by atoms with E-state index < -0.39 is 6.10 Å². The zero-order valence-electron chi connectivity index (χ0n) is 13.9. The van der Waals surface area contributed by atoms with Crippen LogP contribution in [0.15, 0.2) is 77.4 Å². The molecule has 26 heavy (non-hydrogen) atoms. The molecule has 2 aromatic carbocycles. The second-order valence-electron chi connectivity index (χ2n) is 5.97. The van der Waals surface area contributed by atoms with Crippen LogP contribution in [0.4, 0.5) is 0 Å². The number of carbonyl (C=O) groups is 1. The maximum absolute atomic E-state index is 12.3. The highest BCUT2D eigenvalue weighted by molar-refractivity contribution is 7.20. The molecule has 130 valence electrons. The van der Waals surface area contributed by atoms with Gasteiger partial charge in [-0.05, 0) is 35.2 Å². The van der Waals surface area contributed by atoms with E-state index in [1.165, 1.54) is 11.3 Å². The van der Waals surface area contributed by atoms with Crippen LogP contribution in [0, 0.1) is 0 Å². The van der Waals surface area contributed by atoms with Crippen molar-refractivity contribution in [1.82, 2.24) is 5.32 Å². The van der Waals surface area contributed by atoms with Crippen LogP contribution in [0.5, 0.6) is 0 Å². The van der Waals surface area contributed by atoms with Gasteiger partial charge in [0.15, 0.2) is 0 Å². The van der Waals surface area contributed by atoms with Crippen molar-refractivity contribution in [2.45, 2.75) is 6.10 Å². The van der Waals surface area contributed by atoms with Gasteiger partial charge in [0.1, 0.15) is 5.76 Å². The third kappa shape index (κ3) is 3.40. The van der Waals surface area contributed by atoms with E-state index in [9.17, 15) is 9.90 Å². The maximum Gasteiger partial charge on any atom is 0.261 e. The Morgan fingerprint density at radius 3 is 2.62 bits per heavy atom. The number of fused-ring (bicyclic) bond motifs is 1. The molecule has 2 heterocycles. The molecule has 4 aromatic rings. The van der Waals surface area contributed by atoms with Gasteiger partial charge in [-0.25, -0.2) is 0 Å². The van der Waals surface area contributed by atoms with Crippen LogP contribution < -0.4 is 5.32 Å². The van der Waals surface area contributed by atoms with Crippen LogP contribution in [-0.4, -0.2) is 17.6 Å². The number of amides is 1. The number of aliphatic hydroxyl groups excluding tert-OH is 1. The van der Waals surface area contributed by atoms with Crippen molar-refractivity contribution in [3.05, 3.63) is 83.4 Å². The second kappa shape index (κ2) is 7.15. The van der Waals surface area contributed by atoms with Gasteiger partial charge in [-0.3, -0.25) is 4.79 Å². The molecule has 0 aliphatic carbocycles. The maximum atomic E-state index is 12.3. The minimum atomic E-state index is -0.765. The Morgan fingerprint density at radius 1 is 1.08 bits per heavy atom. The molecule has 4 rings (SSSR count). The van der Waals surface area contributed by atoms with Crippen molar-refractivity contribution in [2.24, 2.45) is 0 Å². The van der Waals surface area contributed by atoms with Crippen molar-refractivity contribution in [1.29, 1.82) is 0 Å². The fourth-order valence-electron chi connectivity index (χ4n) is 2.80. The summed E-state index contributed by atoms with van der Waals surface area (Å²) >= 11 is 1.45. The van der Waals surface area contributed by atoms with E-state index in [0.29, 0.717) is 4.88 Å². The molecule has 0 fully saturated rings. The van der Waals surface area contributed by atoms with E-state index in [-0.39, 0.29) is 12.5 Å². The predicted molar refractivity (Wildman–Crippen MR) is 103 cm³/mol. The minimum absolute atomic E-state index is 0.160. The van der Waals surface area contributed by atoms with Gasteiger partial charge in [-0.2, -0.15) is 0 Å². The van der Waals surface area contributed by atoms with Crippen LogP contribution in [0.25, 0.3) is 21.4 Å². The normalized spacial score (nSPS) is 12.2. The van der Waals surface area contributed by atoms with E-state index in [0.717, 1.165) is 27.0 Å². The van der Waals surface area contributed by atoms with E-state index >= 15 is 0 Å². The summed E-state index contributed by atoms with van der Waals surface area (Å²) in [6.45, 7) is 0.160. The Labute approximate surface area is 154 Å². The summed E-state index contributed by atoms with van der Waals surface area (Å²) in [6, 6.07) is 20.9. The Kier molecular flexibility index (Phi) is 4.56. The fraction of sp³-hybridized carbons (Fsp3) is 0.0952. The van der Waals surface area contributed by atoms with E-state index in [1.54, 1.807) is 6.26 Å². The van der Waals surface area contributed by atoms with Gasteiger partial charge in [-0.15, -0.1) is 11.3 Å². The zero-order chi connectivity index (χ0) is 17.9. The summed E-state index contributed by atoms with van der Waals surface area (Å²) in [4.78, 5) is 13.0.